The molecule has 2 aliphatic rings. The van der Waals surface area contributed by atoms with Gasteiger partial charge in [0, 0.05) is 28.4 Å². The molecule has 2 rings (SSSR count). The van der Waals surface area contributed by atoms with Crippen molar-refractivity contribution in [3.63, 3.8) is 0 Å². The first-order valence-electron chi connectivity index (χ1n) is 19.4. The zero-order chi connectivity index (χ0) is 41.7. The van der Waals surface area contributed by atoms with Crippen LogP contribution in [-0.2, 0) is 71.1 Å². The van der Waals surface area contributed by atoms with E-state index in [-0.39, 0.29) is 79.3 Å². The molecule has 57 heavy (non-hydrogen) atoms. The van der Waals surface area contributed by atoms with Crippen molar-refractivity contribution < 1.29 is 102 Å². The summed E-state index contributed by atoms with van der Waals surface area (Å²) >= 11 is 0. The highest BCUT2D eigenvalue weighted by molar-refractivity contribution is 5.02. The van der Waals surface area contributed by atoms with Crippen LogP contribution in [0, 0.1) is 0 Å². The minimum Gasteiger partial charge on any atom is -0.387 e. The highest BCUT2D eigenvalue weighted by Gasteiger charge is 2.52. The number of hydrogen-bond donors (Lipinski definition) is 6. The summed E-state index contributed by atoms with van der Waals surface area (Å²) in [6.45, 7) is 3.62. The van der Waals surface area contributed by atoms with Crippen molar-refractivity contribution in [2.75, 3.05) is 161 Å². The molecule has 0 radical (unpaired) electrons. The Balaban J connectivity index is 1.91. The number of rotatable bonds is 36. The SMILES string of the molecule is COCCOCCOC1C(O)C(OCCOCCOC)[C@@H](O)C(OCCOCCOC2C(O)C(OCCOCCOC)C(O)C(OCCOCCOC)[C@@H]2O)C1O. The maximum Gasteiger partial charge on any atom is 0.115 e. The Morgan fingerprint density at radius 1 is 0.228 bits per heavy atom. The molecule has 0 aliphatic heterocycles. The first kappa shape index (κ1) is 52.3. The molecule has 0 saturated heterocycles. The third kappa shape index (κ3) is 19.6. The Labute approximate surface area is 335 Å². The van der Waals surface area contributed by atoms with Crippen molar-refractivity contribution in [1.82, 2.24) is 0 Å². The van der Waals surface area contributed by atoms with E-state index in [2.05, 4.69) is 0 Å². The monoisotopic (exact) mass is 838 g/mol. The minimum absolute atomic E-state index is 0.00230. The van der Waals surface area contributed by atoms with Gasteiger partial charge in [0.2, 0.25) is 0 Å². The molecule has 0 heterocycles. The summed E-state index contributed by atoms with van der Waals surface area (Å²) in [6, 6.07) is 0. The van der Waals surface area contributed by atoms with Crippen molar-refractivity contribution in [2.24, 2.45) is 0 Å². The summed E-state index contributed by atoms with van der Waals surface area (Å²) in [4.78, 5) is 0. The van der Waals surface area contributed by atoms with E-state index in [0.717, 1.165) is 0 Å². The first-order chi connectivity index (χ1) is 27.7. The molecule has 0 aromatic carbocycles. The van der Waals surface area contributed by atoms with Gasteiger partial charge in [-0.25, -0.2) is 0 Å². The molecule has 0 spiro atoms. The average Bonchev–Trinajstić information content (AvgIpc) is 3.20. The molecule has 340 valence electrons. The lowest BCUT2D eigenvalue weighted by atomic mass is 9.84. The third-order valence-electron chi connectivity index (χ3n) is 8.99. The van der Waals surface area contributed by atoms with Gasteiger partial charge in [0.1, 0.15) is 73.2 Å². The number of methoxy groups -OCH3 is 4. The standard InChI is InChI=1S/C36H70O21/c1-43-5-9-47-13-19-52-31-25(37)32(53-20-14-48-10-6-44-2)28(40)35(27(31)39)56-23-17-51-18-24-57-36-29(41)33(54-21-15-49-11-7-45-3)26(38)34(30(36)42)55-22-16-50-12-8-46-4/h25-42H,5-24H2,1-4H3/t25?,26?,27-,28?,29+,30?,31?,32?,33?,34?,35?,36?. The van der Waals surface area contributed by atoms with E-state index in [1.165, 1.54) is 0 Å². The van der Waals surface area contributed by atoms with E-state index >= 15 is 0 Å². The lowest BCUT2D eigenvalue weighted by Gasteiger charge is -2.45. The van der Waals surface area contributed by atoms with Crippen LogP contribution in [0.2, 0.25) is 0 Å². The lowest BCUT2D eigenvalue weighted by Crippen LogP contribution is -2.66. The summed E-state index contributed by atoms with van der Waals surface area (Å²) in [7, 11) is 6.20. The summed E-state index contributed by atoms with van der Waals surface area (Å²) in [6.07, 6.45) is -15.6. The molecule has 2 saturated carbocycles. The Bertz CT molecular complexity index is 797. The zero-order valence-corrected chi connectivity index (χ0v) is 33.9. The largest absolute Gasteiger partial charge is 0.387 e. The minimum atomic E-state index is -1.43. The van der Waals surface area contributed by atoms with Crippen molar-refractivity contribution in [1.29, 1.82) is 0 Å². The van der Waals surface area contributed by atoms with Gasteiger partial charge in [-0.15, -0.1) is 0 Å². The molecule has 0 bridgehead atoms. The van der Waals surface area contributed by atoms with Crippen molar-refractivity contribution in [3.05, 3.63) is 0 Å². The zero-order valence-electron chi connectivity index (χ0n) is 33.9. The average molecular weight is 839 g/mol. The summed E-state index contributed by atoms with van der Waals surface area (Å²) in [5.74, 6) is 0. The van der Waals surface area contributed by atoms with Gasteiger partial charge < -0.3 is 102 Å². The maximum absolute atomic E-state index is 11.1. The second-order valence-electron chi connectivity index (χ2n) is 13.0. The van der Waals surface area contributed by atoms with Crippen LogP contribution in [0.5, 0.6) is 0 Å². The number of ether oxygens (including phenoxy) is 15. The highest BCUT2D eigenvalue weighted by Crippen LogP contribution is 2.29. The summed E-state index contributed by atoms with van der Waals surface area (Å²) in [5, 5.41) is 66.5. The van der Waals surface area contributed by atoms with Crippen molar-refractivity contribution in [3.8, 4) is 0 Å². The Kier molecular flexibility index (Phi) is 30.2. The molecule has 0 amide bonds. The predicted molar refractivity (Wildman–Crippen MR) is 196 cm³/mol. The molecule has 21 nitrogen and oxygen atoms in total. The fraction of sp³-hybridized carbons (Fsp3) is 1.00. The van der Waals surface area contributed by atoms with Crippen LogP contribution in [0.4, 0.5) is 0 Å². The first-order valence-corrected chi connectivity index (χ1v) is 19.4. The van der Waals surface area contributed by atoms with E-state index in [1.807, 2.05) is 0 Å². The van der Waals surface area contributed by atoms with Gasteiger partial charge in [-0.1, -0.05) is 0 Å². The Hall–Kier alpha value is -0.840. The topological polar surface area (TPSA) is 260 Å². The van der Waals surface area contributed by atoms with Crippen LogP contribution in [-0.4, -0.2) is 264 Å². The molecular weight excluding hydrogens is 768 g/mol. The predicted octanol–water partition coefficient (Wildman–Crippen LogP) is -3.84. The fourth-order valence-corrected chi connectivity index (χ4v) is 6.05. The smallest absolute Gasteiger partial charge is 0.115 e. The van der Waals surface area contributed by atoms with Crippen molar-refractivity contribution >= 4 is 0 Å². The van der Waals surface area contributed by atoms with Crippen molar-refractivity contribution in [2.45, 2.75) is 73.2 Å². The quantitative estimate of drug-likeness (QED) is 0.0330. The van der Waals surface area contributed by atoms with Gasteiger partial charge in [-0.05, 0) is 0 Å². The second kappa shape index (κ2) is 32.9. The summed E-state index contributed by atoms with van der Waals surface area (Å²) < 4.78 is 81.8. The van der Waals surface area contributed by atoms with Gasteiger partial charge in [-0.2, -0.15) is 0 Å². The molecule has 12 atom stereocenters. The second-order valence-corrected chi connectivity index (χ2v) is 13.0. The van der Waals surface area contributed by atoms with Crippen LogP contribution in [0.15, 0.2) is 0 Å². The lowest BCUT2D eigenvalue weighted by molar-refractivity contribution is -0.261. The number of hydrogen-bond acceptors (Lipinski definition) is 21. The summed E-state index contributed by atoms with van der Waals surface area (Å²) in [5.41, 5.74) is 0. The van der Waals surface area contributed by atoms with Gasteiger partial charge in [0.15, 0.2) is 0 Å². The normalized spacial score (nSPS) is 30.6. The Morgan fingerprint density at radius 2 is 0.368 bits per heavy atom. The van der Waals surface area contributed by atoms with Gasteiger partial charge in [-0.3, -0.25) is 0 Å². The van der Waals surface area contributed by atoms with E-state index in [0.29, 0.717) is 52.9 Å². The Morgan fingerprint density at radius 3 is 0.509 bits per heavy atom. The van der Waals surface area contributed by atoms with Gasteiger partial charge in [0.05, 0.1) is 132 Å². The van der Waals surface area contributed by atoms with Crippen LogP contribution < -0.4 is 0 Å². The molecule has 10 unspecified atom stereocenters. The number of aliphatic hydroxyl groups excluding tert-OH is 6. The van der Waals surface area contributed by atoms with Crippen LogP contribution >= 0.6 is 0 Å². The molecule has 0 aromatic heterocycles. The van der Waals surface area contributed by atoms with E-state index in [4.69, 9.17) is 71.1 Å². The molecular formula is C36H70O21. The van der Waals surface area contributed by atoms with Crippen LogP contribution in [0.25, 0.3) is 0 Å². The van der Waals surface area contributed by atoms with E-state index < -0.39 is 73.2 Å². The third-order valence-corrected chi connectivity index (χ3v) is 8.99. The molecule has 2 fully saturated rings. The van der Waals surface area contributed by atoms with E-state index in [9.17, 15) is 30.6 Å². The molecule has 2 aliphatic carbocycles. The van der Waals surface area contributed by atoms with Gasteiger partial charge >= 0.3 is 0 Å². The highest BCUT2D eigenvalue weighted by atomic mass is 16.6. The van der Waals surface area contributed by atoms with Crippen LogP contribution in [0.3, 0.4) is 0 Å². The molecule has 0 aromatic rings. The van der Waals surface area contributed by atoms with Gasteiger partial charge in [0.25, 0.3) is 0 Å². The molecule has 21 heteroatoms. The fourth-order valence-electron chi connectivity index (χ4n) is 6.05. The number of aliphatic hydroxyl groups is 6. The van der Waals surface area contributed by atoms with Crippen LogP contribution in [0.1, 0.15) is 0 Å². The molecule has 6 N–H and O–H groups in total. The maximum atomic E-state index is 11.1. The van der Waals surface area contributed by atoms with E-state index in [1.54, 1.807) is 28.4 Å².